The average Bonchev–Trinajstić information content (AvgIpc) is 3.31. The molecular formula is C18H12Cl2N6O2. The lowest BCUT2D eigenvalue weighted by atomic mass is 10.2. The van der Waals surface area contributed by atoms with E-state index in [4.69, 9.17) is 28.9 Å². The molecule has 140 valence electrons. The van der Waals surface area contributed by atoms with Crippen LogP contribution >= 0.6 is 23.2 Å². The molecule has 0 atom stereocenters. The SMILES string of the molecule is NC(=O)c1nc[nH]c1C(=O)N(c1nc2ccccc2[nH]1)c1c(Cl)cccc1Cl. The Balaban J connectivity index is 1.95. The Hall–Kier alpha value is -3.36. The molecule has 0 saturated heterocycles. The van der Waals surface area contributed by atoms with E-state index in [1.54, 1.807) is 24.3 Å². The molecule has 0 saturated carbocycles. The van der Waals surface area contributed by atoms with Crippen LogP contribution in [0.25, 0.3) is 11.0 Å². The number of primary amides is 1. The third-order valence-corrected chi connectivity index (χ3v) is 4.65. The summed E-state index contributed by atoms with van der Waals surface area (Å²) in [4.78, 5) is 40.2. The van der Waals surface area contributed by atoms with Crippen LogP contribution < -0.4 is 10.6 Å². The Bertz CT molecular complexity index is 1160. The van der Waals surface area contributed by atoms with E-state index in [-0.39, 0.29) is 33.1 Å². The Morgan fingerprint density at radius 1 is 1.04 bits per heavy atom. The van der Waals surface area contributed by atoms with Crippen LogP contribution in [0.4, 0.5) is 11.6 Å². The van der Waals surface area contributed by atoms with Crippen molar-refractivity contribution in [1.29, 1.82) is 0 Å². The number of anilines is 2. The number of aromatic amines is 2. The number of hydrogen-bond acceptors (Lipinski definition) is 4. The fourth-order valence-electron chi connectivity index (χ4n) is 2.81. The highest BCUT2D eigenvalue weighted by atomic mass is 35.5. The number of H-pyrrole nitrogens is 2. The lowest BCUT2D eigenvalue weighted by molar-refractivity contribution is 0.0961. The molecule has 0 fully saturated rings. The van der Waals surface area contributed by atoms with Gasteiger partial charge in [0.25, 0.3) is 11.8 Å². The van der Waals surface area contributed by atoms with Crippen molar-refractivity contribution in [2.45, 2.75) is 0 Å². The molecule has 10 heteroatoms. The second-order valence-corrected chi connectivity index (χ2v) is 6.59. The largest absolute Gasteiger partial charge is 0.364 e. The number of rotatable bonds is 4. The van der Waals surface area contributed by atoms with Crippen molar-refractivity contribution in [3.8, 4) is 0 Å². The van der Waals surface area contributed by atoms with E-state index < -0.39 is 11.8 Å². The van der Waals surface area contributed by atoms with Crippen LogP contribution in [0, 0.1) is 0 Å². The Kier molecular flexibility index (Phi) is 4.50. The maximum atomic E-state index is 13.4. The van der Waals surface area contributed by atoms with Crippen molar-refractivity contribution in [2.75, 3.05) is 4.90 Å². The Labute approximate surface area is 168 Å². The quantitative estimate of drug-likeness (QED) is 0.471. The molecule has 8 nitrogen and oxygen atoms in total. The van der Waals surface area contributed by atoms with Crippen molar-refractivity contribution in [1.82, 2.24) is 19.9 Å². The first kappa shape index (κ1) is 18.0. The number of fused-ring (bicyclic) bond motifs is 1. The number of para-hydroxylation sites is 3. The van der Waals surface area contributed by atoms with Crippen molar-refractivity contribution in [3.63, 3.8) is 0 Å². The van der Waals surface area contributed by atoms with Crippen LogP contribution in [0.3, 0.4) is 0 Å². The van der Waals surface area contributed by atoms with E-state index in [1.807, 2.05) is 18.2 Å². The van der Waals surface area contributed by atoms with Gasteiger partial charge in [0.15, 0.2) is 5.69 Å². The number of carbonyl (C=O) groups excluding carboxylic acids is 2. The van der Waals surface area contributed by atoms with Crippen LogP contribution in [0.1, 0.15) is 21.0 Å². The molecule has 0 aliphatic carbocycles. The number of amides is 2. The topological polar surface area (TPSA) is 121 Å². The summed E-state index contributed by atoms with van der Waals surface area (Å²) in [5.41, 5.74) is 6.57. The predicted molar refractivity (Wildman–Crippen MR) is 106 cm³/mol. The van der Waals surface area contributed by atoms with Gasteiger partial charge in [-0.3, -0.25) is 9.59 Å². The summed E-state index contributed by atoms with van der Waals surface area (Å²) < 4.78 is 0. The number of carbonyl (C=O) groups is 2. The van der Waals surface area contributed by atoms with Crippen LogP contribution in [0.2, 0.25) is 10.0 Å². The molecule has 0 bridgehead atoms. The zero-order chi connectivity index (χ0) is 19.8. The molecule has 2 aromatic heterocycles. The monoisotopic (exact) mass is 414 g/mol. The number of nitrogens with zero attached hydrogens (tertiary/aromatic N) is 3. The summed E-state index contributed by atoms with van der Waals surface area (Å²) in [7, 11) is 0. The van der Waals surface area contributed by atoms with E-state index >= 15 is 0 Å². The Morgan fingerprint density at radius 2 is 1.75 bits per heavy atom. The van der Waals surface area contributed by atoms with E-state index in [0.29, 0.717) is 11.0 Å². The van der Waals surface area contributed by atoms with Crippen molar-refractivity contribution in [2.24, 2.45) is 5.73 Å². The molecule has 2 amide bonds. The van der Waals surface area contributed by atoms with E-state index in [1.165, 1.54) is 11.2 Å². The predicted octanol–water partition coefficient (Wildman–Crippen LogP) is 3.67. The zero-order valence-electron chi connectivity index (χ0n) is 14.1. The molecule has 28 heavy (non-hydrogen) atoms. The van der Waals surface area contributed by atoms with E-state index in [0.717, 1.165) is 0 Å². The van der Waals surface area contributed by atoms with Gasteiger partial charge in [0.2, 0.25) is 5.95 Å². The first-order valence-electron chi connectivity index (χ1n) is 8.03. The zero-order valence-corrected chi connectivity index (χ0v) is 15.6. The molecule has 0 unspecified atom stereocenters. The van der Waals surface area contributed by atoms with Crippen molar-refractivity contribution < 1.29 is 9.59 Å². The minimum atomic E-state index is -0.848. The lowest BCUT2D eigenvalue weighted by Crippen LogP contribution is -2.30. The van der Waals surface area contributed by atoms with Crippen LogP contribution in [0.15, 0.2) is 48.8 Å². The molecule has 2 heterocycles. The number of nitrogens with one attached hydrogen (secondary N) is 2. The number of imidazole rings is 2. The molecule has 0 radical (unpaired) electrons. The normalized spacial score (nSPS) is 10.9. The van der Waals surface area contributed by atoms with E-state index in [2.05, 4.69) is 19.9 Å². The van der Waals surface area contributed by atoms with Gasteiger partial charge in [-0.05, 0) is 24.3 Å². The minimum Gasteiger partial charge on any atom is -0.364 e. The molecule has 0 aliphatic heterocycles. The number of hydrogen-bond donors (Lipinski definition) is 3. The number of nitrogens with two attached hydrogens (primary N) is 1. The highest BCUT2D eigenvalue weighted by Gasteiger charge is 2.30. The van der Waals surface area contributed by atoms with E-state index in [9.17, 15) is 9.59 Å². The molecule has 4 aromatic rings. The molecule has 4 rings (SSSR count). The molecule has 4 N–H and O–H groups in total. The van der Waals surface area contributed by atoms with Gasteiger partial charge in [-0.15, -0.1) is 0 Å². The number of halogens is 2. The summed E-state index contributed by atoms with van der Waals surface area (Å²) in [6, 6.07) is 12.1. The molecule has 0 spiro atoms. The first-order valence-corrected chi connectivity index (χ1v) is 8.79. The molecule has 2 aromatic carbocycles. The second kappa shape index (κ2) is 6.99. The standard InChI is InChI=1S/C18H12Cl2N6O2/c19-9-4-3-5-10(20)15(9)26(17(28)14-13(16(21)27)22-8-23-14)18-24-11-6-1-2-7-12(11)25-18/h1-8H,(H2,21,27)(H,22,23)(H,24,25). The summed E-state index contributed by atoms with van der Waals surface area (Å²) in [6.07, 6.45) is 1.21. The smallest absolute Gasteiger partial charge is 0.284 e. The highest BCUT2D eigenvalue weighted by Crippen LogP contribution is 2.38. The third-order valence-electron chi connectivity index (χ3n) is 4.04. The maximum Gasteiger partial charge on any atom is 0.284 e. The maximum absolute atomic E-state index is 13.4. The molecule has 0 aliphatic rings. The third kappa shape index (κ3) is 2.98. The van der Waals surface area contributed by atoms with Crippen molar-refractivity contribution in [3.05, 3.63) is 70.2 Å². The minimum absolute atomic E-state index is 0.107. The van der Waals surface area contributed by atoms with Gasteiger partial charge in [0.05, 0.1) is 33.1 Å². The number of aromatic nitrogens is 4. The fraction of sp³-hybridized carbons (Fsp3) is 0. The second-order valence-electron chi connectivity index (χ2n) is 5.78. The van der Waals surface area contributed by atoms with Crippen LogP contribution in [0.5, 0.6) is 0 Å². The lowest BCUT2D eigenvalue weighted by Gasteiger charge is -2.22. The first-order chi connectivity index (χ1) is 13.5. The van der Waals surface area contributed by atoms with Gasteiger partial charge < -0.3 is 15.7 Å². The highest BCUT2D eigenvalue weighted by molar-refractivity contribution is 6.40. The molecular weight excluding hydrogens is 403 g/mol. The van der Waals surface area contributed by atoms with Gasteiger partial charge in [0, 0.05) is 0 Å². The van der Waals surface area contributed by atoms with Crippen LogP contribution in [-0.4, -0.2) is 31.8 Å². The summed E-state index contributed by atoms with van der Waals surface area (Å²) in [5.74, 6) is -1.33. The average molecular weight is 415 g/mol. The summed E-state index contributed by atoms with van der Waals surface area (Å²) in [5, 5.41) is 0.447. The van der Waals surface area contributed by atoms with Gasteiger partial charge in [-0.1, -0.05) is 41.4 Å². The Morgan fingerprint density at radius 3 is 2.43 bits per heavy atom. The van der Waals surface area contributed by atoms with Gasteiger partial charge in [-0.25, -0.2) is 14.9 Å². The number of benzene rings is 2. The summed E-state index contributed by atoms with van der Waals surface area (Å²) >= 11 is 12.7. The van der Waals surface area contributed by atoms with Gasteiger partial charge in [0.1, 0.15) is 5.69 Å². The van der Waals surface area contributed by atoms with Gasteiger partial charge >= 0.3 is 0 Å². The fourth-order valence-corrected chi connectivity index (χ4v) is 3.37. The van der Waals surface area contributed by atoms with Crippen LogP contribution in [-0.2, 0) is 0 Å². The van der Waals surface area contributed by atoms with Crippen molar-refractivity contribution >= 4 is 57.7 Å². The summed E-state index contributed by atoms with van der Waals surface area (Å²) in [6.45, 7) is 0. The van der Waals surface area contributed by atoms with Gasteiger partial charge in [-0.2, -0.15) is 0 Å².